The number of hydrogen-bond donors (Lipinski definition) is 3. The van der Waals surface area contributed by atoms with Gasteiger partial charge in [0.2, 0.25) is 5.91 Å². The van der Waals surface area contributed by atoms with Gasteiger partial charge in [-0.1, -0.05) is 0 Å². The Morgan fingerprint density at radius 3 is 2.78 bits per heavy atom. The van der Waals surface area contributed by atoms with E-state index in [0.717, 1.165) is 0 Å². The monoisotopic (exact) mass is 272 g/mol. The molecule has 1 atom stereocenters. The highest BCUT2D eigenvalue weighted by Crippen LogP contribution is 2.17. The van der Waals surface area contributed by atoms with E-state index in [0.29, 0.717) is 5.69 Å². The van der Waals surface area contributed by atoms with Crippen LogP contribution in [0.1, 0.15) is 13.3 Å². The van der Waals surface area contributed by atoms with Gasteiger partial charge in [-0.3, -0.25) is 4.79 Å². The lowest BCUT2D eigenvalue weighted by Crippen LogP contribution is -2.36. The molecule has 0 saturated carbocycles. The van der Waals surface area contributed by atoms with Crippen molar-refractivity contribution in [1.82, 2.24) is 9.71 Å². The molecule has 0 aliphatic rings. The molecule has 7 nitrogen and oxygen atoms in total. The molecular formula is C10H16N4O3S. The van der Waals surface area contributed by atoms with Crippen LogP contribution in [0.2, 0.25) is 0 Å². The van der Waals surface area contributed by atoms with Gasteiger partial charge >= 0.3 is 0 Å². The van der Waals surface area contributed by atoms with Gasteiger partial charge in [-0.25, -0.2) is 18.1 Å². The SMILES string of the molecule is CNc1cccnc1S(=O)(=O)NC(C)CC(N)=O. The second kappa shape index (κ2) is 5.78. The van der Waals surface area contributed by atoms with E-state index in [2.05, 4.69) is 15.0 Å². The topological polar surface area (TPSA) is 114 Å². The van der Waals surface area contributed by atoms with Gasteiger partial charge in [0.15, 0.2) is 5.03 Å². The third kappa shape index (κ3) is 3.67. The van der Waals surface area contributed by atoms with E-state index in [9.17, 15) is 13.2 Å². The minimum absolute atomic E-state index is 0.0685. The van der Waals surface area contributed by atoms with Gasteiger partial charge in [-0.2, -0.15) is 0 Å². The van der Waals surface area contributed by atoms with Crippen LogP contribution in [-0.2, 0) is 14.8 Å². The summed E-state index contributed by atoms with van der Waals surface area (Å²) in [6.07, 6.45) is 1.31. The predicted molar refractivity (Wildman–Crippen MR) is 67.4 cm³/mol. The highest BCUT2D eigenvalue weighted by Gasteiger charge is 2.22. The maximum Gasteiger partial charge on any atom is 0.260 e. The molecule has 1 amide bonds. The van der Waals surface area contributed by atoms with E-state index in [1.807, 2.05) is 0 Å². The molecule has 1 aromatic rings. The van der Waals surface area contributed by atoms with E-state index in [1.54, 1.807) is 26.1 Å². The van der Waals surface area contributed by atoms with Crippen molar-refractivity contribution in [1.29, 1.82) is 0 Å². The van der Waals surface area contributed by atoms with Gasteiger partial charge in [-0.15, -0.1) is 0 Å². The van der Waals surface area contributed by atoms with Crippen molar-refractivity contribution in [2.45, 2.75) is 24.4 Å². The van der Waals surface area contributed by atoms with Gasteiger partial charge < -0.3 is 11.1 Å². The summed E-state index contributed by atoms with van der Waals surface area (Å²) >= 11 is 0. The summed E-state index contributed by atoms with van der Waals surface area (Å²) in [4.78, 5) is 14.5. The zero-order valence-electron chi connectivity index (χ0n) is 10.2. The molecule has 0 aliphatic carbocycles. The van der Waals surface area contributed by atoms with Gasteiger partial charge in [0, 0.05) is 25.7 Å². The quantitative estimate of drug-likeness (QED) is 0.656. The van der Waals surface area contributed by atoms with Gasteiger partial charge in [0.25, 0.3) is 10.0 Å². The maximum atomic E-state index is 12.0. The molecule has 0 aromatic carbocycles. The van der Waals surface area contributed by atoms with Crippen LogP contribution < -0.4 is 15.8 Å². The zero-order chi connectivity index (χ0) is 13.8. The van der Waals surface area contributed by atoms with Crippen molar-refractivity contribution >= 4 is 21.6 Å². The molecule has 4 N–H and O–H groups in total. The fourth-order valence-electron chi connectivity index (χ4n) is 1.46. The lowest BCUT2D eigenvalue weighted by Gasteiger charge is -2.14. The summed E-state index contributed by atoms with van der Waals surface area (Å²) in [6.45, 7) is 1.56. The van der Waals surface area contributed by atoms with Crippen LogP contribution in [-0.4, -0.2) is 32.4 Å². The van der Waals surface area contributed by atoms with E-state index in [1.165, 1.54) is 6.20 Å². The van der Waals surface area contributed by atoms with E-state index >= 15 is 0 Å². The van der Waals surface area contributed by atoms with E-state index in [4.69, 9.17) is 5.73 Å². The first-order valence-electron chi connectivity index (χ1n) is 5.30. The van der Waals surface area contributed by atoms with Gasteiger partial charge in [0.1, 0.15) is 0 Å². The number of primary amides is 1. The maximum absolute atomic E-state index is 12.0. The fraction of sp³-hybridized carbons (Fsp3) is 0.400. The lowest BCUT2D eigenvalue weighted by atomic mass is 10.2. The molecule has 0 spiro atoms. The van der Waals surface area contributed by atoms with Crippen LogP contribution in [0.3, 0.4) is 0 Å². The Morgan fingerprint density at radius 2 is 2.22 bits per heavy atom. The van der Waals surface area contributed by atoms with Crippen LogP contribution in [0, 0.1) is 0 Å². The smallest absolute Gasteiger partial charge is 0.260 e. The second-order valence-corrected chi connectivity index (χ2v) is 5.43. The average Bonchev–Trinajstić information content (AvgIpc) is 2.27. The van der Waals surface area contributed by atoms with Crippen molar-refractivity contribution < 1.29 is 13.2 Å². The number of hydrogen-bond acceptors (Lipinski definition) is 5. The standard InChI is InChI=1S/C10H16N4O3S/c1-7(6-9(11)15)14-18(16,17)10-8(12-2)4-3-5-13-10/h3-5,7,12,14H,6H2,1-2H3,(H2,11,15). The average molecular weight is 272 g/mol. The number of carbonyl (C=O) groups is 1. The van der Waals surface area contributed by atoms with E-state index < -0.39 is 22.0 Å². The summed E-state index contributed by atoms with van der Waals surface area (Å²) in [5, 5.41) is 2.63. The van der Waals surface area contributed by atoms with Gasteiger partial charge in [-0.05, 0) is 19.1 Å². The first-order chi connectivity index (χ1) is 8.36. The molecular weight excluding hydrogens is 256 g/mol. The lowest BCUT2D eigenvalue weighted by molar-refractivity contribution is -0.118. The molecule has 1 unspecified atom stereocenters. The molecule has 0 aliphatic heterocycles. The summed E-state index contributed by atoms with van der Waals surface area (Å²) in [7, 11) is -2.18. The minimum atomic E-state index is -3.78. The van der Waals surface area contributed by atoms with Crippen molar-refractivity contribution in [2.75, 3.05) is 12.4 Å². The summed E-state index contributed by atoms with van der Waals surface area (Å²) in [6, 6.07) is 2.64. The zero-order valence-corrected chi connectivity index (χ0v) is 11.0. The largest absolute Gasteiger partial charge is 0.386 e. The molecule has 18 heavy (non-hydrogen) atoms. The summed E-state index contributed by atoms with van der Waals surface area (Å²) in [5.74, 6) is -0.569. The number of nitrogens with zero attached hydrogens (tertiary/aromatic N) is 1. The Bertz CT molecular complexity index is 530. The second-order valence-electron chi connectivity index (χ2n) is 3.80. The Kier molecular flexibility index (Phi) is 4.62. The molecule has 1 heterocycles. The number of aromatic nitrogens is 1. The van der Waals surface area contributed by atoms with Crippen molar-refractivity contribution in [3.63, 3.8) is 0 Å². The molecule has 100 valence electrons. The number of carbonyl (C=O) groups excluding carboxylic acids is 1. The number of rotatable bonds is 6. The molecule has 8 heteroatoms. The Hall–Kier alpha value is -1.67. The van der Waals surface area contributed by atoms with Crippen LogP contribution in [0.4, 0.5) is 5.69 Å². The molecule has 0 fully saturated rings. The van der Waals surface area contributed by atoms with Crippen molar-refractivity contribution in [3.8, 4) is 0 Å². The summed E-state index contributed by atoms with van der Waals surface area (Å²) < 4.78 is 26.4. The Morgan fingerprint density at radius 1 is 1.56 bits per heavy atom. The number of pyridine rings is 1. The number of sulfonamides is 1. The van der Waals surface area contributed by atoms with Crippen molar-refractivity contribution in [3.05, 3.63) is 18.3 Å². The molecule has 0 saturated heterocycles. The molecule has 0 bridgehead atoms. The highest BCUT2D eigenvalue weighted by atomic mass is 32.2. The number of nitrogens with two attached hydrogens (primary N) is 1. The first-order valence-corrected chi connectivity index (χ1v) is 6.78. The predicted octanol–water partition coefficient (Wildman–Crippen LogP) is -0.334. The van der Waals surface area contributed by atoms with Crippen LogP contribution in [0.25, 0.3) is 0 Å². The molecule has 0 radical (unpaired) electrons. The van der Waals surface area contributed by atoms with Crippen LogP contribution >= 0.6 is 0 Å². The number of nitrogens with one attached hydrogen (secondary N) is 2. The third-order valence-electron chi connectivity index (χ3n) is 2.16. The molecule has 1 rings (SSSR count). The van der Waals surface area contributed by atoms with Crippen LogP contribution in [0.5, 0.6) is 0 Å². The van der Waals surface area contributed by atoms with Crippen molar-refractivity contribution in [2.24, 2.45) is 5.73 Å². The van der Waals surface area contributed by atoms with Crippen LogP contribution in [0.15, 0.2) is 23.4 Å². The normalized spacial score (nSPS) is 13.0. The Balaban J connectivity index is 2.96. The van der Waals surface area contributed by atoms with Gasteiger partial charge in [0.05, 0.1) is 5.69 Å². The number of amides is 1. The fourth-order valence-corrected chi connectivity index (χ4v) is 2.84. The van der Waals surface area contributed by atoms with E-state index in [-0.39, 0.29) is 11.4 Å². The minimum Gasteiger partial charge on any atom is -0.386 e. The number of anilines is 1. The third-order valence-corrected chi connectivity index (χ3v) is 3.71. The Labute approximate surface area is 106 Å². The summed E-state index contributed by atoms with van der Waals surface area (Å²) in [5.41, 5.74) is 5.39. The first kappa shape index (κ1) is 14.4. The highest BCUT2D eigenvalue weighted by molar-refractivity contribution is 7.89. The molecule has 1 aromatic heterocycles.